The summed E-state index contributed by atoms with van der Waals surface area (Å²) >= 11 is 1.44. The standard InChI is InChI=1S/C14H27NO5S/c1-9-14(2,19)4-3-11(20-9)5-10(6-16)7-21-8-12(15)13(17)18/h9-12,16,19H,3-8,15H2,1-2H3,(H,17,18)/t9?,10?,11?,12-,14?/m0/s1. The molecule has 0 aromatic carbocycles. The number of hydrogen-bond donors (Lipinski definition) is 4. The zero-order valence-corrected chi connectivity index (χ0v) is 13.5. The molecule has 5 atom stereocenters. The molecular formula is C14H27NO5S. The molecule has 0 amide bonds. The first-order valence-corrected chi connectivity index (χ1v) is 8.46. The Bertz CT molecular complexity index is 339. The fourth-order valence-electron chi connectivity index (χ4n) is 2.33. The number of hydrogen-bond acceptors (Lipinski definition) is 6. The molecule has 0 aliphatic carbocycles. The molecule has 124 valence electrons. The van der Waals surface area contributed by atoms with Gasteiger partial charge in [-0.2, -0.15) is 11.8 Å². The van der Waals surface area contributed by atoms with Crippen LogP contribution in [0.25, 0.3) is 0 Å². The van der Waals surface area contributed by atoms with Gasteiger partial charge in [-0.1, -0.05) is 0 Å². The van der Waals surface area contributed by atoms with Gasteiger partial charge in [0, 0.05) is 12.4 Å². The molecule has 1 rings (SSSR count). The number of carboxylic acids is 1. The highest BCUT2D eigenvalue weighted by Crippen LogP contribution is 2.31. The molecule has 21 heavy (non-hydrogen) atoms. The van der Waals surface area contributed by atoms with Crippen LogP contribution in [-0.2, 0) is 9.53 Å². The Morgan fingerprint density at radius 2 is 2.19 bits per heavy atom. The van der Waals surface area contributed by atoms with E-state index in [2.05, 4.69) is 0 Å². The molecule has 1 fully saturated rings. The van der Waals surface area contributed by atoms with Gasteiger partial charge in [0.05, 0.1) is 17.8 Å². The molecule has 0 aromatic rings. The zero-order valence-electron chi connectivity index (χ0n) is 12.7. The molecule has 1 saturated heterocycles. The summed E-state index contributed by atoms with van der Waals surface area (Å²) in [6.45, 7) is 3.68. The van der Waals surface area contributed by atoms with Crippen LogP contribution in [0.5, 0.6) is 0 Å². The quantitative estimate of drug-likeness (QED) is 0.513. The van der Waals surface area contributed by atoms with Crippen molar-refractivity contribution in [3.8, 4) is 0 Å². The molecule has 0 bridgehead atoms. The molecule has 7 heteroatoms. The van der Waals surface area contributed by atoms with Crippen molar-refractivity contribution >= 4 is 17.7 Å². The highest BCUT2D eigenvalue weighted by Gasteiger charge is 2.36. The average molecular weight is 321 g/mol. The van der Waals surface area contributed by atoms with Crippen LogP contribution in [-0.4, -0.2) is 63.3 Å². The van der Waals surface area contributed by atoms with Crippen LogP contribution in [0.4, 0.5) is 0 Å². The molecular weight excluding hydrogens is 294 g/mol. The lowest BCUT2D eigenvalue weighted by Gasteiger charge is -2.40. The van der Waals surface area contributed by atoms with E-state index in [4.69, 9.17) is 15.6 Å². The first kappa shape index (κ1) is 18.7. The number of aliphatic hydroxyl groups excluding tert-OH is 1. The van der Waals surface area contributed by atoms with E-state index < -0.39 is 17.6 Å². The Balaban J connectivity index is 2.33. The summed E-state index contributed by atoms with van der Waals surface area (Å²) in [4.78, 5) is 10.6. The van der Waals surface area contributed by atoms with E-state index in [0.717, 1.165) is 6.42 Å². The molecule has 5 N–H and O–H groups in total. The van der Waals surface area contributed by atoms with Gasteiger partial charge in [-0.15, -0.1) is 0 Å². The summed E-state index contributed by atoms with van der Waals surface area (Å²) in [5, 5.41) is 28.2. The van der Waals surface area contributed by atoms with Crippen molar-refractivity contribution in [2.75, 3.05) is 18.1 Å². The second-order valence-electron chi connectivity index (χ2n) is 6.06. The van der Waals surface area contributed by atoms with Crippen molar-refractivity contribution in [2.45, 2.75) is 57.0 Å². The molecule has 0 radical (unpaired) electrons. The van der Waals surface area contributed by atoms with Gasteiger partial charge in [-0.25, -0.2) is 0 Å². The molecule has 0 spiro atoms. The third-order valence-electron chi connectivity index (χ3n) is 4.07. The number of aliphatic hydroxyl groups is 2. The second kappa shape index (κ2) is 8.33. The van der Waals surface area contributed by atoms with E-state index in [1.807, 2.05) is 6.92 Å². The fourth-order valence-corrected chi connectivity index (χ4v) is 3.44. The summed E-state index contributed by atoms with van der Waals surface area (Å²) < 4.78 is 5.81. The lowest BCUT2D eigenvalue weighted by Crippen LogP contribution is -2.46. The number of carboxylic acid groups (broad SMARTS) is 1. The van der Waals surface area contributed by atoms with Crippen molar-refractivity contribution in [1.82, 2.24) is 0 Å². The number of aliphatic carboxylic acids is 1. The van der Waals surface area contributed by atoms with Gasteiger partial charge in [0.1, 0.15) is 6.04 Å². The van der Waals surface area contributed by atoms with Gasteiger partial charge >= 0.3 is 5.97 Å². The van der Waals surface area contributed by atoms with Crippen LogP contribution in [0.1, 0.15) is 33.1 Å². The summed E-state index contributed by atoms with van der Waals surface area (Å²) in [6, 6.07) is -0.865. The monoisotopic (exact) mass is 321 g/mol. The molecule has 1 heterocycles. The van der Waals surface area contributed by atoms with Gasteiger partial charge in [0.25, 0.3) is 0 Å². The van der Waals surface area contributed by atoms with Crippen molar-refractivity contribution < 1.29 is 24.9 Å². The van der Waals surface area contributed by atoms with E-state index in [0.29, 0.717) is 24.3 Å². The van der Waals surface area contributed by atoms with Crippen LogP contribution >= 0.6 is 11.8 Å². The largest absolute Gasteiger partial charge is 0.480 e. The summed E-state index contributed by atoms with van der Waals surface area (Å²) in [6.07, 6.45) is 1.99. The van der Waals surface area contributed by atoms with Crippen LogP contribution in [0.2, 0.25) is 0 Å². The SMILES string of the molecule is CC1OC(CC(CO)CSC[C@H](N)C(=O)O)CCC1(C)O. The van der Waals surface area contributed by atoms with E-state index in [9.17, 15) is 15.0 Å². The van der Waals surface area contributed by atoms with Crippen molar-refractivity contribution in [1.29, 1.82) is 0 Å². The van der Waals surface area contributed by atoms with Gasteiger partial charge in [0.2, 0.25) is 0 Å². The lowest BCUT2D eigenvalue weighted by atomic mass is 9.87. The van der Waals surface area contributed by atoms with Gasteiger partial charge < -0.3 is 25.8 Å². The van der Waals surface area contributed by atoms with Gasteiger partial charge in [0.15, 0.2) is 0 Å². The molecule has 6 nitrogen and oxygen atoms in total. The smallest absolute Gasteiger partial charge is 0.321 e. The van der Waals surface area contributed by atoms with E-state index in [1.54, 1.807) is 6.92 Å². The maximum Gasteiger partial charge on any atom is 0.321 e. The Morgan fingerprint density at radius 1 is 1.52 bits per heavy atom. The average Bonchev–Trinajstić information content (AvgIpc) is 2.41. The molecule has 1 aliphatic heterocycles. The van der Waals surface area contributed by atoms with Crippen molar-refractivity contribution in [3.05, 3.63) is 0 Å². The third-order valence-corrected chi connectivity index (χ3v) is 5.37. The number of nitrogens with two attached hydrogens (primary N) is 1. The first-order valence-electron chi connectivity index (χ1n) is 7.31. The second-order valence-corrected chi connectivity index (χ2v) is 7.14. The number of rotatable bonds is 8. The normalized spacial score (nSPS) is 32.6. The zero-order chi connectivity index (χ0) is 16.0. The summed E-state index contributed by atoms with van der Waals surface area (Å²) in [7, 11) is 0. The Morgan fingerprint density at radius 3 is 2.71 bits per heavy atom. The van der Waals surface area contributed by atoms with Crippen LogP contribution in [0.3, 0.4) is 0 Å². The van der Waals surface area contributed by atoms with Gasteiger partial charge in [-0.3, -0.25) is 4.79 Å². The van der Waals surface area contributed by atoms with Crippen molar-refractivity contribution in [3.63, 3.8) is 0 Å². The lowest BCUT2D eigenvalue weighted by molar-refractivity contribution is -0.163. The Labute approximate surface area is 130 Å². The topological polar surface area (TPSA) is 113 Å². The minimum atomic E-state index is -1.00. The molecule has 0 saturated carbocycles. The van der Waals surface area contributed by atoms with E-state index >= 15 is 0 Å². The fraction of sp³-hybridized carbons (Fsp3) is 0.929. The molecule has 1 aliphatic rings. The Kier molecular flexibility index (Phi) is 7.42. The predicted molar refractivity (Wildman–Crippen MR) is 82.3 cm³/mol. The molecule has 4 unspecified atom stereocenters. The first-order chi connectivity index (χ1) is 9.76. The predicted octanol–water partition coefficient (Wildman–Crippen LogP) is 0.449. The summed E-state index contributed by atoms with van der Waals surface area (Å²) in [5.74, 6) is 0.0378. The van der Waals surface area contributed by atoms with E-state index in [1.165, 1.54) is 11.8 Å². The minimum Gasteiger partial charge on any atom is -0.480 e. The van der Waals surface area contributed by atoms with E-state index in [-0.39, 0.29) is 24.7 Å². The number of thioether (sulfide) groups is 1. The van der Waals surface area contributed by atoms with Gasteiger partial charge in [-0.05, 0) is 44.8 Å². The Hall–Kier alpha value is -0.340. The number of ether oxygens (including phenoxy) is 1. The maximum atomic E-state index is 10.6. The summed E-state index contributed by atoms with van der Waals surface area (Å²) in [5.41, 5.74) is 4.66. The molecule has 0 aromatic heterocycles. The highest BCUT2D eigenvalue weighted by atomic mass is 32.2. The van der Waals surface area contributed by atoms with Crippen LogP contribution in [0, 0.1) is 5.92 Å². The van der Waals surface area contributed by atoms with Crippen LogP contribution in [0.15, 0.2) is 0 Å². The minimum absolute atomic E-state index is 0.0334. The third kappa shape index (κ3) is 6.12. The highest BCUT2D eigenvalue weighted by molar-refractivity contribution is 7.99. The van der Waals surface area contributed by atoms with Crippen LogP contribution < -0.4 is 5.73 Å². The number of carbonyl (C=O) groups is 1. The van der Waals surface area contributed by atoms with Crippen molar-refractivity contribution in [2.24, 2.45) is 11.7 Å². The maximum absolute atomic E-state index is 10.6.